The van der Waals surface area contributed by atoms with E-state index in [-0.39, 0.29) is 22.7 Å². The topological polar surface area (TPSA) is 136 Å². The van der Waals surface area contributed by atoms with Crippen LogP contribution in [-0.2, 0) is 19.1 Å². The minimum atomic E-state index is -0.929. The fraction of sp³-hybridized carbons (Fsp3) is 0.138. The standard InChI is InChI=1S/C29H24N6O4/c1-17-13-14-34-16-22(33-29(34)32-17)18-9-11-20(12-10-18)35-25(28(37)39-3)24(27(36)38-2)23(21(15-30)26(35)31)19-7-5-4-6-8-19/h4-14,16,23H,31H2,1-3H3. The molecule has 194 valence electrons. The monoisotopic (exact) mass is 520 g/mol. The van der Waals surface area contributed by atoms with Crippen molar-refractivity contribution in [3.05, 3.63) is 107 Å². The lowest BCUT2D eigenvalue weighted by Gasteiger charge is -2.35. The van der Waals surface area contributed by atoms with Gasteiger partial charge in [0, 0.05) is 29.3 Å². The Labute approximate surface area is 224 Å². The molecule has 0 saturated carbocycles. The summed E-state index contributed by atoms with van der Waals surface area (Å²) >= 11 is 0. The molecule has 0 bridgehead atoms. The molecule has 0 aliphatic carbocycles. The van der Waals surface area contributed by atoms with Gasteiger partial charge in [0.05, 0.1) is 43.0 Å². The Hall–Kier alpha value is -5.43. The molecular weight excluding hydrogens is 496 g/mol. The molecule has 4 aromatic rings. The normalized spacial score (nSPS) is 15.3. The summed E-state index contributed by atoms with van der Waals surface area (Å²) < 4.78 is 12.0. The number of carbonyl (C=O) groups excluding carboxylic acids is 2. The number of imidazole rings is 1. The zero-order valence-corrected chi connectivity index (χ0v) is 21.5. The van der Waals surface area contributed by atoms with Crippen molar-refractivity contribution in [2.24, 2.45) is 5.73 Å². The molecular formula is C29H24N6O4. The number of esters is 2. The van der Waals surface area contributed by atoms with E-state index in [9.17, 15) is 14.9 Å². The highest BCUT2D eigenvalue weighted by atomic mass is 16.5. The number of methoxy groups -OCH3 is 2. The van der Waals surface area contributed by atoms with Crippen LogP contribution < -0.4 is 10.6 Å². The van der Waals surface area contributed by atoms with Gasteiger partial charge in [0.1, 0.15) is 11.5 Å². The van der Waals surface area contributed by atoms with Crippen molar-refractivity contribution < 1.29 is 19.1 Å². The van der Waals surface area contributed by atoms with Crippen molar-refractivity contribution in [1.82, 2.24) is 14.4 Å². The van der Waals surface area contributed by atoms with E-state index in [0.29, 0.717) is 22.7 Å². The maximum atomic E-state index is 13.2. The van der Waals surface area contributed by atoms with Gasteiger partial charge in [-0.1, -0.05) is 42.5 Å². The van der Waals surface area contributed by atoms with E-state index in [4.69, 9.17) is 15.2 Å². The number of benzene rings is 2. The van der Waals surface area contributed by atoms with E-state index in [2.05, 4.69) is 16.0 Å². The van der Waals surface area contributed by atoms with E-state index in [0.717, 1.165) is 11.3 Å². The maximum Gasteiger partial charge on any atom is 0.355 e. The summed E-state index contributed by atoms with van der Waals surface area (Å²) in [5.74, 6) is -1.94. The van der Waals surface area contributed by atoms with Crippen LogP contribution >= 0.6 is 0 Å². The van der Waals surface area contributed by atoms with Crippen molar-refractivity contribution in [2.75, 3.05) is 19.1 Å². The van der Waals surface area contributed by atoms with Crippen molar-refractivity contribution >= 4 is 23.4 Å². The second-order valence-electron chi connectivity index (χ2n) is 8.78. The average Bonchev–Trinajstić information content (AvgIpc) is 3.39. The Morgan fingerprint density at radius 3 is 2.31 bits per heavy atom. The highest BCUT2D eigenvalue weighted by molar-refractivity contribution is 6.06. The number of anilines is 1. The summed E-state index contributed by atoms with van der Waals surface area (Å²) in [6.45, 7) is 1.90. The average molecular weight is 521 g/mol. The van der Waals surface area contributed by atoms with Crippen LogP contribution in [0.3, 0.4) is 0 Å². The van der Waals surface area contributed by atoms with E-state index < -0.39 is 17.9 Å². The van der Waals surface area contributed by atoms with Gasteiger partial charge in [-0.3, -0.25) is 9.30 Å². The van der Waals surface area contributed by atoms with Gasteiger partial charge in [0.25, 0.3) is 0 Å². The minimum Gasteiger partial charge on any atom is -0.466 e. The van der Waals surface area contributed by atoms with E-state index in [1.807, 2.05) is 35.9 Å². The smallest absolute Gasteiger partial charge is 0.355 e. The van der Waals surface area contributed by atoms with Gasteiger partial charge in [-0.25, -0.2) is 19.6 Å². The number of nitrogens with zero attached hydrogens (tertiary/aromatic N) is 5. The Kier molecular flexibility index (Phi) is 6.56. The number of nitrogens with two attached hydrogens (primary N) is 1. The van der Waals surface area contributed by atoms with Crippen LogP contribution in [0.25, 0.3) is 17.0 Å². The molecule has 0 spiro atoms. The van der Waals surface area contributed by atoms with E-state index >= 15 is 0 Å². The molecule has 3 heterocycles. The second-order valence-corrected chi connectivity index (χ2v) is 8.78. The molecule has 0 fully saturated rings. The Morgan fingerprint density at radius 1 is 0.974 bits per heavy atom. The maximum absolute atomic E-state index is 13.2. The number of ether oxygens (including phenoxy) is 2. The summed E-state index contributed by atoms with van der Waals surface area (Å²) in [6, 6.07) is 19.9. The molecule has 39 heavy (non-hydrogen) atoms. The van der Waals surface area contributed by atoms with Gasteiger partial charge in [0.2, 0.25) is 5.78 Å². The number of allylic oxidation sites excluding steroid dienone is 1. The van der Waals surface area contributed by atoms with Crippen LogP contribution in [-0.4, -0.2) is 40.5 Å². The zero-order chi connectivity index (χ0) is 27.7. The number of aromatic nitrogens is 3. The number of carbonyl (C=O) groups is 2. The lowest BCUT2D eigenvalue weighted by molar-refractivity contribution is -0.139. The Morgan fingerprint density at radius 2 is 1.67 bits per heavy atom. The third kappa shape index (κ3) is 4.36. The van der Waals surface area contributed by atoms with Crippen LogP contribution in [0.4, 0.5) is 5.69 Å². The number of hydrogen-bond donors (Lipinski definition) is 1. The van der Waals surface area contributed by atoms with Crippen molar-refractivity contribution in [3.8, 4) is 17.3 Å². The summed E-state index contributed by atoms with van der Waals surface area (Å²) in [5, 5.41) is 10.2. The molecule has 0 radical (unpaired) electrons. The van der Waals surface area contributed by atoms with Crippen LogP contribution in [0, 0.1) is 18.3 Å². The molecule has 10 nitrogen and oxygen atoms in total. The first-order valence-electron chi connectivity index (χ1n) is 12.0. The number of fused-ring (bicyclic) bond motifs is 1. The first-order valence-corrected chi connectivity index (χ1v) is 12.0. The molecule has 1 aliphatic rings. The quantitative estimate of drug-likeness (QED) is 0.391. The van der Waals surface area contributed by atoms with Gasteiger partial charge in [-0.05, 0) is 30.7 Å². The van der Waals surface area contributed by atoms with Crippen molar-refractivity contribution in [1.29, 1.82) is 5.26 Å². The number of hydrogen-bond acceptors (Lipinski definition) is 9. The summed E-state index contributed by atoms with van der Waals surface area (Å²) in [6.07, 6.45) is 3.75. The number of aryl methyl sites for hydroxylation is 1. The Balaban J connectivity index is 1.67. The van der Waals surface area contributed by atoms with Crippen molar-refractivity contribution in [3.63, 3.8) is 0 Å². The first kappa shape index (κ1) is 25.2. The summed E-state index contributed by atoms with van der Waals surface area (Å²) in [7, 11) is 2.42. The van der Waals surface area contributed by atoms with E-state index in [1.54, 1.807) is 48.5 Å². The van der Waals surface area contributed by atoms with Gasteiger partial charge >= 0.3 is 11.9 Å². The lowest BCUT2D eigenvalue weighted by atomic mass is 9.81. The minimum absolute atomic E-state index is 0.000406. The third-order valence-corrected chi connectivity index (χ3v) is 6.50. The van der Waals surface area contributed by atoms with Crippen molar-refractivity contribution in [2.45, 2.75) is 12.8 Å². The van der Waals surface area contributed by atoms with Gasteiger partial charge < -0.3 is 15.2 Å². The fourth-order valence-corrected chi connectivity index (χ4v) is 4.66. The third-order valence-electron chi connectivity index (χ3n) is 6.50. The van der Waals surface area contributed by atoms with Gasteiger partial charge in [0.15, 0.2) is 0 Å². The molecule has 5 rings (SSSR count). The highest BCUT2D eigenvalue weighted by Crippen LogP contribution is 2.43. The fourth-order valence-electron chi connectivity index (χ4n) is 4.66. The summed E-state index contributed by atoms with van der Waals surface area (Å²) in [5.41, 5.74) is 9.86. The largest absolute Gasteiger partial charge is 0.466 e. The lowest BCUT2D eigenvalue weighted by Crippen LogP contribution is -2.40. The SMILES string of the molecule is COC(=O)C1=C(C(=O)OC)N(c2ccc(-c3cn4ccc(C)nc4n3)cc2)C(N)=C(C#N)C1c1ccccc1. The van der Waals surface area contributed by atoms with Crippen LogP contribution in [0.2, 0.25) is 0 Å². The molecule has 1 aliphatic heterocycles. The zero-order valence-electron chi connectivity index (χ0n) is 21.5. The molecule has 10 heteroatoms. The van der Waals surface area contributed by atoms with Crippen LogP contribution in [0.15, 0.2) is 95.7 Å². The molecule has 2 N–H and O–H groups in total. The summed E-state index contributed by atoms with van der Waals surface area (Å²) in [4.78, 5) is 36.8. The van der Waals surface area contributed by atoms with E-state index in [1.165, 1.54) is 19.1 Å². The highest BCUT2D eigenvalue weighted by Gasteiger charge is 2.42. The van der Waals surface area contributed by atoms with Gasteiger partial charge in [-0.15, -0.1) is 0 Å². The Bertz CT molecular complexity index is 1700. The number of nitriles is 1. The predicted molar refractivity (Wildman–Crippen MR) is 143 cm³/mol. The van der Waals surface area contributed by atoms with Crippen LogP contribution in [0.5, 0.6) is 0 Å². The van der Waals surface area contributed by atoms with Crippen LogP contribution in [0.1, 0.15) is 17.2 Å². The molecule has 2 aromatic heterocycles. The number of rotatable bonds is 5. The predicted octanol–water partition coefficient (Wildman–Crippen LogP) is 3.60. The molecule has 1 atom stereocenters. The second kappa shape index (κ2) is 10.1. The first-order chi connectivity index (χ1) is 18.9. The molecule has 0 saturated heterocycles. The molecule has 0 amide bonds. The van der Waals surface area contributed by atoms with Gasteiger partial charge in [-0.2, -0.15) is 5.26 Å². The molecule has 2 aromatic carbocycles. The molecule has 1 unspecified atom stereocenters.